The molecular formula is C16H31NO. The van der Waals surface area contributed by atoms with Crippen LogP contribution in [0, 0.1) is 16.7 Å². The number of rotatable bonds is 5. The van der Waals surface area contributed by atoms with Crippen molar-refractivity contribution in [2.75, 3.05) is 19.7 Å². The minimum absolute atomic E-state index is 0.120. The molecule has 2 aliphatic rings. The fourth-order valence-corrected chi connectivity index (χ4v) is 4.30. The van der Waals surface area contributed by atoms with Gasteiger partial charge in [-0.3, -0.25) is 0 Å². The first kappa shape index (κ1) is 14.3. The Balaban J connectivity index is 2.02. The van der Waals surface area contributed by atoms with Gasteiger partial charge in [-0.15, -0.1) is 0 Å². The lowest BCUT2D eigenvalue weighted by atomic mass is 9.78. The molecule has 2 fully saturated rings. The maximum absolute atomic E-state index is 6.04. The second kappa shape index (κ2) is 4.79. The van der Waals surface area contributed by atoms with Gasteiger partial charge >= 0.3 is 0 Å². The zero-order valence-corrected chi connectivity index (χ0v) is 12.9. The molecular weight excluding hydrogens is 222 g/mol. The van der Waals surface area contributed by atoms with E-state index in [1.165, 1.54) is 25.8 Å². The number of nitrogens with one attached hydrogen (secondary N) is 1. The fourth-order valence-electron chi connectivity index (χ4n) is 4.30. The highest BCUT2D eigenvalue weighted by Crippen LogP contribution is 2.74. The molecule has 0 amide bonds. The van der Waals surface area contributed by atoms with Crippen LogP contribution in [-0.4, -0.2) is 25.3 Å². The first-order valence-corrected chi connectivity index (χ1v) is 7.76. The number of ether oxygens (including phenoxy) is 1. The Morgan fingerprint density at radius 1 is 1.22 bits per heavy atom. The highest BCUT2D eigenvalue weighted by molar-refractivity contribution is 5.20. The summed E-state index contributed by atoms with van der Waals surface area (Å²) in [5.74, 6) is 0.839. The molecule has 1 aliphatic heterocycles. The van der Waals surface area contributed by atoms with Crippen LogP contribution in [0.1, 0.15) is 60.3 Å². The second-order valence-electron chi connectivity index (χ2n) is 7.21. The zero-order chi connectivity index (χ0) is 13.4. The molecule has 1 heterocycles. The van der Waals surface area contributed by atoms with Crippen molar-refractivity contribution in [1.29, 1.82) is 0 Å². The fraction of sp³-hybridized carbons (Fsp3) is 1.00. The van der Waals surface area contributed by atoms with Crippen LogP contribution in [0.5, 0.6) is 0 Å². The molecule has 1 N–H and O–H groups in total. The zero-order valence-electron chi connectivity index (χ0n) is 12.9. The summed E-state index contributed by atoms with van der Waals surface area (Å²) in [4.78, 5) is 0. The molecule has 1 aliphatic carbocycles. The first-order chi connectivity index (χ1) is 8.42. The summed E-state index contributed by atoms with van der Waals surface area (Å²) in [6, 6.07) is 0. The summed E-state index contributed by atoms with van der Waals surface area (Å²) in [7, 11) is 0. The van der Waals surface area contributed by atoms with E-state index in [9.17, 15) is 0 Å². The molecule has 1 saturated heterocycles. The summed E-state index contributed by atoms with van der Waals surface area (Å²) in [6.45, 7) is 15.0. The average Bonchev–Trinajstić information content (AvgIpc) is 2.75. The van der Waals surface area contributed by atoms with Gasteiger partial charge in [0, 0.05) is 6.61 Å². The van der Waals surface area contributed by atoms with Crippen LogP contribution in [0.2, 0.25) is 0 Å². The topological polar surface area (TPSA) is 21.3 Å². The van der Waals surface area contributed by atoms with Crippen LogP contribution in [0.3, 0.4) is 0 Å². The average molecular weight is 253 g/mol. The van der Waals surface area contributed by atoms with E-state index < -0.39 is 0 Å². The number of hydrogen-bond acceptors (Lipinski definition) is 2. The molecule has 106 valence electrons. The van der Waals surface area contributed by atoms with Gasteiger partial charge in [-0.1, -0.05) is 27.7 Å². The van der Waals surface area contributed by atoms with Crippen LogP contribution in [0.4, 0.5) is 0 Å². The van der Waals surface area contributed by atoms with E-state index in [0.717, 1.165) is 25.5 Å². The summed E-state index contributed by atoms with van der Waals surface area (Å²) in [5.41, 5.74) is 1.15. The predicted molar refractivity (Wildman–Crippen MR) is 76.7 cm³/mol. The maximum Gasteiger partial charge on any atom is 0.0657 e. The molecule has 0 aromatic heterocycles. The second-order valence-corrected chi connectivity index (χ2v) is 7.21. The number of hydrogen-bond donors (Lipinski definition) is 1. The normalized spacial score (nSPS) is 42.2. The van der Waals surface area contributed by atoms with E-state index in [1.807, 2.05) is 0 Å². The van der Waals surface area contributed by atoms with Gasteiger partial charge in [0.25, 0.3) is 0 Å². The van der Waals surface area contributed by atoms with Crippen LogP contribution in [0.25, 0.3) is 0 Å². The molecule has 2 heteroatoms. The lowest BCUT2D eigenvalue weighted by Crippen LogP contribution is -2.39. The van der Waals surface area contributed by atoms with Crippen LogP contribution in [0.15, 0.2) is 0 Å². The van der Waals surface area contributed by atoms with E-state index in [0.29, 0.717) is 10.8 Å². The predicted octanol–water partition coefficient (Wildman–Crippen LogP) is 3.61. The van der Waals surface area contributed by atoms with Crippen molar-refractivity contribution in [3.05, 3.63) is 0 Å². The summed E-state index contributed by atoms with van der Waals surface area (Å²) in [5, 5.41) is 3.63. The largest absolute Gasteiger partial charge is 0.375 e. The lowest BCUT2D eigenvalue weighted by Gasteiger charge is -2.40. The molecule has 0 aromatic rings. The SMILES string of the molecule is CCCNCC1C(C)(C)C12CCOC(C)(CC)C2. The Bertz CT molecular complexity index is 301. The molecule has 18 heavy (non-hydrogen) atoms. The Morgan fingerprint density at radius 3 is 2.56 bits per heavy atom. The first-order valence-electron chi connectivity index (χ1n) is 7.76. The third kappa shape index (κ3) is 2.12. The molecule has 2 nitrogen and oxygen atoms in total. The van der Waals surface area contributed by atoms with Crippen LogP contribution in [-0.2, 0) is 4.74 Å². The van der Waals surface area contributed by atoms with Crippen molar-refractivity contribution in [2.24, 2.45) is 16.7 Å². The van der Waals surface area contributed by atoms with Gasteiger partial charge in [-0.05, 0) is 62.4 Å². The van der Waals surface area contributed by atoms with Crippen LogP contribution < -0.4 is 5.32 Å². The van der Waals surface area contributed by atoms with Gasteiger partial charge < -0.3 is 10.1 Å². The van der Waals surface area contributed by atoms with E-state index in [1.54, 1.807) is 0 Å². The Kier molecular flexibility index (Phi) is 3.81. The standard InChI is InChI=1S/C16H31NO/c1-6-9-17-11-13-14(3,4)16(13)8-10-18-15(5,7-2)12-16/h13,17H,6-12H2,1-5H3. The Hall–Kier alpha value is -0.0800. The summed E-state index contributed by atoms with van der Waals surface area (Å²) < 4.78 is 6.04. The highest BCUT2D eigenvalue weighted by Gasteiger charge is 2.71. The quantitative estimate of drug-likeness (QED) is 0.756. The molecule has 1 spiro atoms. The molecule has 3 atom stereocenters. The van der Waals surface area contributed by atoms with E-state index >= 15 is 0 Å². The van der Waals surface area contributed by atoms with Gasteiger partial charge in [0.2, 0.25) is 0 Å². The van der Waals surface area contributed by atoms with Crippen molar-refractivity contribution in [3.63, 3.8) is 0 Å². The third-order valence-corrected chi connectivity index (χ3v) is 5.95. The van der Waals surface area contributed by atoms with Crippen molar-refractivity contribution in [1.82, 2.24) is 5.32 Å². The molecule has 0 bridgehead atoms. The molecule has 2 rings (SSSR count). The van der Waals surface area contributed by atoms with Crippen molar-refractivity contribution < 1.29 is 4.74 Å². The molecule has 0 aromatic carbocycles. The monoisotopic (exact) mass is 253 g/mol. The van der Waals surface area contributed by atoms with Gasteiger partial charge in [0.15, 0.2) is 0 Å². The molecule has 0 radical (unpaired) electrons. The van der Waals surface area contributed by atoms with E-state index in [2.05, 4.69) is 39.9 Å². The maximum atomic E-state index is 6.04. The Morgan fingerprint density at radius 2 is 1.94 bits per heavy atom. The smallest absolute Gasteiger partial charge is 0.0657 e. The van der Waals surface area contributed by atoms with Gasteiger partial charge in [-0.25, -0.2) is 0 Å². The van der Waals surface area contributed by atoms with Crippen molar-refractivity contribution in [3.8, 4) is 0 Å². The summed E-state index contributed by atoms with van der Waals surface area (Å²) >= 11 is 0. The van der Waals surface area contributed by atoms with Crippen molar-refractivity contribution in [2.45, 2.75) is 65.9 Å². The Labute approximate surface area is 113 Å². The molecule has 3 unspecified atom stereocenters. The molecule has 1 saturated carbocycles. The van der Waals surface area contributed by atoms with Crippen molar-refractivity contribution >= 4 is 0 Å². The lowest BCUT2D eigenvalue weighted by molar-refractivity contribution is -0.102. The van der Waals surface area contributed by atoms with Crippen LogP contribution >= 0.6 is 0 Å². The van der Waals surface area contributed by atoms with Gasteiger partial charge in [0.05, 0.1) is 5.60 Å². The van der Waals surface area contributed by atoms with E-state index in [-0.39, 0.29) is 5.60 Å². The third-order valence-electron chi connectivity index (χ3n) is 5.95. The van der Waals surface area contributed by atoms with Gasteiger partial charge in [-0.2, -0.15) is 0 Å². The minimum atomic E-state index is 0.120. The van der Waals surface area contributed by atoms with E-state index in [4.69, 9.17) is 4.74 Å². The summed E-state index contributed by atoms with van der Waals surface area (Å²) in [6.07, 6.45) is 4.88. The minimum Gasteiger partial charge on any atom is -0.375 e. The van der Waals surface area contributed by atoms with Gasteiger partial charge in [0.1, 0.15) is 0 Å². The highest BCUT2D eigenvalue weighted by atomic mass is 16.5.